The molecule has 0 radical (unpaired) electrons. The highest BCUT2D eigenvalue weighted by Gasteiger charge is 2.32. The molecule has 5 aromatic rings. The van der Waals surface area contributed by atoms with Gasteiger partial charge in [-0.2, -0.15) is 4.98 Å². The number of piperazine rings is 1. The van der Waals surface area contributed by atoms with Crippen LogP contribution in [0.3, 0.4) is 0 Å². The van der Waals surface area contributed by atoms with Gasteiger partial charge in [0.25, 0.3) is 5.56 Å². The first-order valence-corrected chi connectivity index (χ1v) is 24.4. The van der Waals surface area contributed by atoms with Crippen molar-refractivity contribution in [3.8, 4) is 0 Å². The van der Waals surface area contributed by atoms with Gasteiger partial charge in [-0.3, -0.25) is 33.4 Å². The van der Waals surface area contributed by atoms with Crippen LogP contribution in [0.4, 0.5) is 17.3 Å². The van der Waals surface area contributed by atoms with Crippen molar-refractivity contribution in [2.75, 3.05) is 69.1 Å². The number of aryl methyl sites for hydroxylation is 2. The van der Waals surface area contributed by atoms with Crippen LogP contribution in [0.2, 0.25) is 5.02 Å². The van der Waals surface area contributed by atoms with Crippen molar-refractivity contribution in [1.82, 2.24) is 43.5 Å². The second kappa shape index (κ2) is 18.4. The minimum absolute atomic E-state index is 0.0438. The van der Waals surface area contributed by atoms with Gasteiger partial charge in [0, 0.05) is 94.8 Å². The van der Waals surface area contributed by atoms with Crippen molar-refractivity contribution in [3.63, 3.8) is 0 Å². The molecule has 4 aliphatic rings. The summed E-state index contributed by atoms with van der Waals surface area (Å²) in [5.74, 6) is 0.174. The van der Waals surface area contributed by atoms with Gasteiger partial charge >= 0.3 is 5.69 Å². The molecule has 64 heavy (non-hydrogen) atoms. The Morgan fingerprint density at radius 2 is 1.61 bits per heavy atom. The lowest BCUT2D eigenvalue weighted by Crippen LogP contribution is -2.49. The molecule has 0 spiro atoms. The number of carbonyl (C=O) groups excluding carboxylic acids is 2. The van der Waals surface area contributed by atoms with Gasteiger partial charge in [-0.15, -0.1) is 0 Å². The van der Waals surface area contributed by atoms with E-state index in [1.54, 1.807) is 46.6 Å². The molecule has 4 fully saturated rings. The van der Waals surface area contributed by atoms with Crippen LogP contribution in [0.25, 0.3) is 22.1 Å². The average molecular weight is 915 g/mol. The number of sulfonamides is 1. The van der Waals surface area contributed by atoms with Gasteiger partial charge < -0.3 is 20.0 Å². The number of rotatable bonds is 13. The predicted octanol–water partition coefficient (Wildman–Crippen LogP) is 4.45. The van der Waals surface area contributed by atoms with Gasteiger partial charge in [0.15, 0.2) is 0 Å². The van der Waals surface area contributed by atoms with Crippen molar-refractivity contribution in [3.05, 3.63) is 80.1 Å². The number of hydrogen-bond acceptors (Lipinski definition) is 12. The van der Waals surface area contributed by atoms with Crippen molar-refractivity contribution in [1.29, 1.82) is 0 Å². The molecule has 9 rings (SSSR count). The largest absolute Gasteiger partial charge is 0.371 e. The summed E-state index contributed by atoms with van der Waals surface area (Å²) in [5.41, 5.74) is 3.93. The number of fused-ring (bicyclic) bond motifs is 2. The molecule has 1 atom stereocenters. The van der Waals surface area contributed by atoms with Crippen molar-refractivity contribution in [2.24, 2.45) is 13.0 Å². The van der Waals surface area contributed by atoms with Crippen LogP contribution in [0, 0.1) is 12.8 Å². The smallest absolute Gasteiger partial charge is 0.329 e. The third kappa shape index (κ3) is 9.07. The number of aromatic nitrogens is 5. The molecule has 340 valence electrons. The average Bonchev–Trinajstić information content (AvgIpc) is 3.90. The first-order chi connectivity index (χ1) is 30.8. The lowest BCUT2D eigenvalue weighted by Gasteiger charge is -2.39. The van der Waals surface area contributed by atoms with E-state index in [-0.39, 0.29) is 39.5 Å². The summed E-state index contributed by atoms with van der Waals surface area (Å²) in [6.07, 6.45) is 8.93. The first-order valence-electron chi connectivity index (χ1n) is 22.5. The van der Waals surface area contributed by atoms with Crippen molar-refractivity contribution in [2.45, 2.75) is 81.7 Å². The van der Waals surface area contributed by atoms with Crippen LogP contribution in [-0.2, 0) is 26.7 Å². The maximum atomic E-state index is 13.3. The number of carbonyl (C=O) groups is 2. The number of pyridine rings is 1. The van der Waals surface area contributed by atoms with E-state index < -0.39 is 22.0 Å². The second-order valence-electron chi connectivity index (χ2n) is 17.9. The Labute approximate surface area is 376 Å². The zero-order valence-electron chi connectivity index (χ0n) is 36.4. The summed E-state index contributed by atoms with van der Waals surface area (Å²) in [6, 6.07) is 11.9. The Morgan fingerprint density at radius 1 is 0.859 bits per heavy atom. The monoisotopic (exact) mass is 913 g/mol. The van der Waals surface area contributed by atoms with Crippen LogP contribution >= 0.6 is 11.6 Å². The topological polar surface area (TPSA) is 189 Å². The number of imide groups is 1. The quantitative estimate of drug-likeness (QED) is 0.112. The molecule has 19 heteroatoms. The third-order valence-electron chi connectivity index (χ3n) is 13.7. The second-order valence-corrected chi connectivity index (χ2v) is 20.0. The van der Waals surface area contributed by atoms with Crippen LogP contribution in [0.1, 0.15) is 75.4 Å². The Balaban J connectivity index is 0.712. The molecule has 3 aliphatic heterocycles. The van der Waals surface area contributed by atoms with E-state index in [2.05, 4.69) is 35.0 Å². The number of halogens is 1. The van der Waals surface area contributed by atoms with Gasteiger partial charge in [0.05, 0.1) is 15.9 Å². The summed E-state index contributed by atoms with van der Waals surface area (Å²) in [6.45, 7) is 9.77. The molecule has 1 unspecified atom stereocenters. The molecule has 2 aromatic carbocycles. The van der Waals surface area contributed by atoms with Gasteiger partial charge in [-0.1, -0.05) is 24.4 Å². The maximum Gasteiger partial charge on any atom is 0.329 e. The number of hydrogen-bond donors (Lipinski definition) is 3. The van der Waals surface area contributed by atoms with E-state index in [9.17, 15) is 27.6 Å². The molecule has 3 aromatic heterocycles. The molecule has 17 nitrogen and oxygen atoms in total. The lowest BCUT2D eigenvalue weighted by atomic mass is 9.95. The standard InChI is InChI=1S/C45H56ClN11O6S/c1-29-24-34(9-10-36(29)49-44-47-27-31-25-35(46)43(60)56(41(31)51-44)32-6-3-4-7-32)64(62,63)48-16-5-17-53-20-22-54(23-21-53)28-30-14-18-55(19-15-30)33-8-11-37-39(26-33)52(2)45(61)57(37)38-12-13-40(58)50-42(38)59/h8-11,24-27,30,32,38,48H,3-7,12-23,28H2,1-2H3,(H,47,49,51)(H,50,58,59). The zero-order valence-corrected chi connectivity index (χ0v) is 38.0. The predicted molar refractivity (Wildman–Crippen MR) is 247 cm³/mol. The maximum absolute atomic E-state index is 13.3. The molecule has 3 N–H and O–H groups in total. The number of anilines is 3. The SMILES string of the molecule is Cc1cc(S(=O)(=O)NCCCN2CCN(CC3CCN(c4ccc5c(c4)n(C)c(=O)n5C4CCC(=O)NC4=O)CC3)CC2)ccc1Nc1ncc2cc(Cl)c(=O)n(C3CCCC3)c2n1. The Bertz CT molecular complexity index is 2820. The van der Waals surface area contributed by atoms with Gasteiger partial charge in [0.1, 0.15) is 16.7 Å². The molecule has 0 bridgehead atoms. The minimum Gasteiger partial charge on any atom is -0.371 e. The number of imidazole rings is 1. The van der Waals surface area contributed by atoms with Crippen LogP contribution in [-0.4, -0.2) is 113 Å². The fourth-order valence-corrected chi connectivity index (χ4v) is 11.4. The summed E-state index contributed by atoms with van der Waals surface area (Å²) < 4.78 is 34.2. The molecule has 3 saturated heterocycles. The van der Waals surface area contributed by atoms with Gasteiger partial charge in [-0.25, -0.2) is 22.9 Å². The molecule has 6 heterocycles. The van der Waals surface area contributed by atoms with Crippen molar-refractivity contribution >= 4 is 72.8 Å². The van der Waals surface area contributed by atoms with E-state index in [0.717, 1.165) is 102 Å². The fourth-order valence-electron chi connectivity index (χ4n) is 10.0. The number of nitrogens with one attached hydrogen (secondary N) is 3. The summed E-state index contributed by atoms with van der Waals surface area (Å²) in [5, 5.41) is 6.42. The van der Waals surface area contributed by atoms with E-state index in [4.69, 9.17) is 16.6 Å². The normalized spacial score (nSPS) is 19.9. The van der Waals surface area contributed by atoms with Crippen LogP contribution in [0.15, 0.2) is 63.1 Å². The highest BCUT2D eigenvalue weighted by atomic mass is 35.5. The lowest BCUT2D eigenvalue weighted by molar-refractivity contribution is -0.135. The van der Waals surface area contributed by atoms with Gasteiger partial charge in [0.2, 0.25) is 27.8 Å². The van der Waals surface area contributed by atoms with E-state index in [1.165, 1.54) is 4.57 Å². The minimum atomic E-state index is -3.72. The Morgan fingerprint density at radius 3 is 2.34 bits per heavy atom. The molecule has 1 saturated carbocycles. The van der Waals surface area contributed by atoms with E-state index in [1.807, 2.05) is 25.1 Å². The summed E-state index contributed by atoms with van der Waals surface area (Å²) in [7, 11) is -2.00. The first kappa shape index (κ1) is 44.1. The molecule has 1 aliphatic carbocycles. The van der Waals surface area contributed by atoms with E-state index in [0.29, 0.717) is 59.1 Å². The molecule has 2 amide bonds. The number of benzene rings is 2. The van der Waals surface area contributed by atoms with Crippen molar-refractivity contribution < 1.29 is 18.0 Å². The molecular weight excluding hydrogens is 858 g/mol. The van der Waals surface area contributed by atoms with Crippen LogP contribution in [0.5, 0.6) is 0 Å². The number of amides is 2. The third-order valence-corrected chi connectivity index (χ3v) is 15.4. The molecular formula is C45H56ClN11O6S. The number of nitrogens with zero attached hydrogens (tertiary/aromatic N) is 8. The Kier molecular flexibility index (Phi) is 12.7. The van der Waals surface area contributed by atoms with E-state index >= 15 is 0 Å². The zero-order chi connectivity index (χ0) is 44.7. The highest BCUT2D eigenvalue weighted by Crippen LogP contribution is 2.33. The summed E-state index contributed by atoms with van der Waals surface area (Å²) in [4.78, 5) is 67.3. The highest BCUT2D eigenvalue weighted by molar-refractivity contribution is 7.89. The Hall–Kier alpha value is -5.14. The van der Waals surface area contributed by atoms with Gasteiger partial charge in [-0.05, 0) is 106 Å². The van der Waals surface area contributed by atoms with Crippen LogP contribution < -0.4 is 31.5 Å². The fraction of sp³-hybridized carbons (Fsp3) is 0.511. The number of piperidine rings is 2. The summed E-state index contributed by atoms with van der Waals surface area (Å²) >= 11 is 6.29.